The third kappa shape index (κ3) is 5.37. The first-order chi connectivity index (χ1) is 11.1. The summed E-state index contributed by atoms with van der Waals surface area (Å²) in [5.41, 5.74) is 3.08. The van der Waals surface area contributed by atoms with Crippen molar-refractivity contribution in [2.75, 3.05) is 23.9 Å². The Bertz CT molecular complexity index is 685. The highest BCUT2D eigenvalue weighted by Gasteiger charge is 2.10. The number of hydrogen-bond acceptors (Lipinski definition) is 6. The van der Waals surface area contributed by atoms with Crippen molar-refractivity contribution < 1.29 is 14.3 Å². The van der Waals surface area contributed by atoms with Crippen molar-refractivity contribution in [3.05, 3.63) is 35.2 Å². The minimum atomic E-state index is -0.279. The highest BCUT2D eigenvalue weighted by Crippen LogP contribution is 2.27. The minimum absolute atomic E-state index is 0.104. The van der Waals surface area contributed by atoms with Gasteiger partial charge in [0.25, 0.3) is 0 Å². The van der Waals surface area contributed by atoms with E-state index in [0.29, 0.717) is 17.3 Å². The molecule has 0 aliphatic heterocycles. The highest BCUT2D eigenvalue weighted by atomic mass is 32.2. The molecular weight excluding hydrogens is 332 g/mol. The number of carbonyl (C=O) groups is 2. The average Bonchev–Trinajstić information content (AvgIpc) is 3.00. The van der Waals surface area contributed by atoms with Crippen LogP contribution in [0.25, 0.3) is 11.3 Å². The maximum atomic E-state index is 11.9. The normalized spacial score (nSPS) is 10.3. The second-order valence-electron chi connectivity index (χ2n) is 4.78. The number of carbonyl (C=O) groups excluding carboxylic acids is 2. The monoisotopic (exact) mass is 350 g/mol. The van der Waals surface area contributed by atoms with Crippen LogP contribution < -0.4 is 5.32 Å². The molecule has 1 N–H and O–H groups in total. The molecule has 0 aliphatic carbocycles. The number of hydrogen-bond donors (Lipinski definition) is 1. The number of amides is 1. The fourth-order valence-corrected chi connectivity index (χ4v) is 3.36. The molecule has 0 saturated carbocycles. The summed E-state index contributed by atoms with van der Waals surface area (Å²) in [7, 11) is 1.35. The zero-order valence-corrected chi connectivity index (χ0v) is 14.6. The lowest BCUT2D eigenvalue weighted by Gasteiger charge is -2.02. The third-order valence-corrected chi connectivity index (χ3v) is 4.78. The van der Waals surface area contributed by atoms with Gasteiger partial charge in [0.05, 0.1) is 18.6 Å². The van der Waals surface area contributed by atoms with E-state index in [0.717, 1.165) is 16.8 Å². The van der Waals surface area contributed by atoms with Gasteiger partial charge in [-0.1, -0.05) is 24.3 Å². The third-order valence-electron chi connectivity index (χ3n) is 3.09. The van der Waals surface area contributed by atoms with E-state index in [1.54, 1.807) is 0 Å². The first kappa shape index (κ1) is 17.5. The first-order valence-corrected chi connectivity index (χ1v) is 9.09. The van der Waals surface area contributed by atoms with E-state index in [4.69, 9.17) is 0 Å². The number of aryl methyl sites for hydroxylation is 1. The number of nitrogens with zero attached hydrogens (tertiary/aromatic N) is 1. The van der Waals surface area contributed by atoms with Crippen LogP contribution in [0.4, 0.5) is 5.13 Å². The van der Waals surface area contributed by atoms with Crippen LogP contribution in [0.15, 0.2) is 29.6 Å². The second-order valence-corrected chi connectivity index (χ2v) is 6.74. The molecule has 0 aliphatic rings. The van der Waals surface area contributed by atoms with Crippen molar-refractivity contribution in [2.45, 2.75) is 13.3 Å². The number of nitrogens with one attached hydrogen (secondary N) is 1. The summed E-state index contributed by atoms with van der Waals surface area (Å²) in [6.45, 7) is 2.03. The number of ether oxygens (including phenoxy) is 1. The predicted octanol–water partition coefficient (Wildman–Crippen LogP) is 3.35. The van der Waals surface area contributed by atoms with Crippen molar-refractivity contribution in [2.24, 2.45) is 0 Å². The molecule has 0 radical (unpaired) electrons. The summed E-state index contributed by atoms with van der Waals surface area (Å²) in [6, 6.07) is 8.00. The molecule has 5 nitrogen and oxygen atoms in total. The van der Waals surface area contributed by atoms with Gasteiger partial charge in [-0.3, -0.25) is 9.59 Å². The predicted molar refractivity (Wildman–Crippen MR) is 94.9 cm³/mol. The Morgan fingerprint density at radius 2 is 2.13 bits per heavy atom. The smallest absolute Gasteiger partial charge is 0.315 e. The van der Waals surface area contributed by atoms with Gasteiger partial charge in [-0.25, -0.2) is 4.98 Å². The average molecular weight is 350 g/mol. The number of esters is 1. The topological polar surface area (TPSA) is 68.3 Å². The first-order valence-electron chi connectivity index (χ1n) is 7.06. The zero-order chi connectivity index (χ0) is 16.7. The number of thiazole rings is 1. The number of thioether (sulfide) groups is 1. The van der Waals surface area contributed by atoms with Crippen molar-refractivity contribution in [3.8, 4) is 11.3 Å². The molecule has 0 atom stereocenters. The van der Waals surface area contributed by atoms with Gasteiger partial charge in [0.1, 0.15) is 0 Å². The number of methoxy groups -OCH3 is 1. The molecule has 122 valence electrons. The van der Waals surface area contributed by atoms with E-state index in [2.05, 4.69) is 15.0 Å². The lowest BCUT2D eigenvalue weighted by Crippen LogP contribution is -2.13. The van der Waals surface area contributed by atoms with E-state index in [9.17, 15) is 9.59 Å². The van der Waals surface area contributed by atoms with Crippen LogP contribution in [-0.2, 0) is 14.3 Å². The summed E-state index contributed by atoms with van der Waals surface area (Å²) >= 11 is 2.78. The minimum Gasteiger partial charge on any atom is -0.468 e. The molecule has 2 rings (SSSR count). The summed E-state index contributed by atoms with van der Waals surface area (Å²) in [5.74, 6) is 0.446. The van der Waals surface area contributed by atoms with Gasteiger partial charge in [-0.05, 0) is 12.5 Å². The molecule has 0 fully saturated rings. The summed E-state index contributed by atoms with van der Waals surface area (Å²) in [5, 5.41) is 5.32. The quantitative estimate of drug-likeness (QED) is 0.613. The number of aromatic nitrogens is 1. The Hall–Kier alpha value is -1.86. The molecule has 23 heavy (non-hydrogen) atoms. The Balaban J connectivity index is 1.83. The second kappa shape index (κ2) is 8.69. The Kier molecular flexibility index (Phi) is 6.61. The van der Waals surface area contributed by atoms with Crippen LogP contribution in [0.2, 0.25) is 0 Å². The molecular formula is C16H18N2O3S2. The maximum absolute atomic E-state index is 11.9. The van der Waals surface area contributed by atoms with Crippen molar-refractivity contribution >= 4 is 40.1 Å². The summed E-state index contributed by atoms with van der Waals surface area (Å²) in [4.78, 5) is 27.3. The zero-order valence-electron chi connectivity index (χ0n) is 13.0. The van der Waals surface area contributed by atoms with E-state index in [1.165, 1.54) is 30.2 Å². The molecule has 7 heteroatoms. The van der Waals surface area contributed by atoms with Crippen LogP contribution in [0.1, 0.15) is 12.0 Å². The van der Waals surface area contributed by atoms with Crippen LogP contribution >= 0.6 is 23.1 Å². The summed E-state index contributed by atoms with van der Waals surface area (Å²) in [6.07, 6.45) is 0.334. The van der Waals surface area contributed by atoms with E-state index >= 15 is 0 Å². The molecule has 0 bridgehead atoms. The van der Waals surface area contributed by atoms with Gasteiger partial charge in [-0.15, -0.1) is 23.1 Å². The number of anilines is 1. The van der Waals surface area contributed by atoms with Gasteiger partial charge in [0.2, 0.25) is 5.91 Å². The maximum Gasteiger partial charge on any atom is 0.315 e. The van der Waals surface area contributed by atoms with Crippen molar-refractivity contribution in [3.63, 3.8) is 0 Å². The lowest BCUT2D eigenvalue weighted by atomic mass is 10.1. The van der Waals surface area contributed by atoms with Crippen LogP contribution in [-0.4, -0.2) is 35.5 Å². The Morgan fingerprint density at radius 1 is 1.35 bits per heavy atom. The van der Waals surface area contributed by atoms with Crippen molar-refractivity contribution in [1.82, 2.24) is 4.98 Å². The van der Waals surface area contributed by atoms with Gasteiger partial charge < -0.3 is 10.1 Å². The molecule has 1 heterocycles. The van der Waals surface area contributed by atoms with E-state index < -0.39 is 0 Å². The van der Waals surface area contributed by atoms with Crippen molar-refractivity contribution in [1.29, 1.82) is 0 Å². The Morgan fingerprint density at radius 3 is 2.87 bits per heavy atom. The summed E-state index contributed by atoms with van der Waals surface area (Å²) < 4.78 is 4.54. The standard InChI is InChI=1S/C16H18N2O3S2/c1-11-5-3-4-6-12(11)13-9-23-16(17-13)18-14(19)7-8-22-10-15(20)21-2/h3-6,9H,7-8,10H2,1-2H3,(H,17,18,19). The Labute approximate surface area is 143 Å². The lowest BCUT2D eigenvalue weighted by molar-refractivity contribution is -0.137. The number of rotatable bonds is 7. The van der Waals surface area contributed by atoms with E-state index in [1.807, 2.05) is 36.6 Å². The van der Waals surface area contributed by atoms with Gasteiger partial charge in [0.15, 0.2) is 5.13 Å². The molecule has 0 spiro atoms. The van der Waals surface area contributed by atoms with Gasteiger partial charge in [0, 0.05) is 23.1 Å². The molecule has 0 unspecified atom stereocenters. The van der Waals surface area contributed by atoms with Gasteiger partial charge in [-0.2, -0.15) is 0 Å². The molecule has 1 aromatic heterocycles. The molecule has 0 saturated heterocycles. The van der Waals surface area contributed by atoms with Crippen LogP contribution in [0.5, 0.6) is 0 Å². The van der Waals surface area contributed by atoms with Crippen LogP contribution in [0, 0.1) is 6.92 Å². The van der Waals surface area contributed by atoms with E-state index in [-0.39, 0.29) is 17.6 Å². The molecule has 1 amide bonds. The van der Waals surface area contributed by atoms with Crippen LogP contribution in [0.3, 0.4) is 0 Å². The number of benzene rings is 1. The van der Waals surface area contributed by atoms with Gasteiger partial charge >= 0.3 is 5.97 Å². The fraction of sp³-hybridized carbons (Fsp3) is 0.312. The largest absolute Gasteiger partial charge is 0.468 e. The fourth-order valence-electron chi connectivity index (χ4n) is 1.88. The highest BCUT2D eigenvalue weighted by molar-refractivity contribution is 7.99. The molecule has 2 aromatic rings. The SMILES string of the molecule is COC(=O)CSCCC(=O)Nc1nc(-c2ccccc2C)cs1. The molecule has 1 aromatic carbocycles.